The van der Waals surface area contributed by atoms with Crippen LogP contribution in [0.15, 0.2) is 0 Å². The summed E-state index contributed by atoms with van der Waals surface area (Å²) in [7, 11) is 0. The fourth-order valence-corrected chi connectivity index (χ4v) is 0. The smallest absolute Gasteiger partial charge is 0.457 e. The predicted molar refractivity (Wildman–Crippen MR) is 29.2 cm³/mol. The van der Waals surface area contributed by atoms with E-state index in [-0.39, 0.29) is 49.6 Å². The second-order valence-corrected chi connectivity index (χ2v) is 0. The number of rotatable bonds is 0. The summed E-state index contributed by atoms with van der Waals surface area (Å²) in [6, 6.07) is 0. The Morgan fingerprint density at radius 1 is 0.286 bits per heavy atom. The summed E-state index contributed by atoms with van der Waals surface area (Å²) in [5, 5.41) is 0. The van der Waals surface area contributed by atoms with E-state index >= 15 is 0 Å². The standard InChI is InChI=1S/Co.6H2O/h;6*1H2/q+3;;;;;;/p+6. The van der Waals surface area contributed by atoms with Crippen LogP contribution in [-0.4, -0.2) is 0 Å². The average Bonchev–Trinajstić information content (AvgIpc) is 0. The topological polar surface area (TPSA) is 198 Å². The molecule has 0 aliphatic carbocycles. The molecule has 0 aliphatic rings. The summed E-state index contributed by atoms with van der Waals surface area (Å²) in [6.07, 6.45) is 0. The van der Waals surface area contributed by atoms with Gasteiger partial charge < -0.3 is 32.9 Å². The van der Waals surface area contributed by atoms with Crippen molar-refractivity contribution < 1.29 is 49.6 Å². The summed E-state index contributed by atoms with van der Waals surface area (Å²) in [6.45, 7) is 0. The van der Waals surface area contributed by atoms with Crippen molar-refractivity contribution in [2.24, 2.45) is 0 Å². The first-order valence-electron chi connectivity index (χ1n) is 0. The van der Waals surface area contributed by atoms with Gasteiger partial charge in [-0.2, -0.15) is 0 Å². The largest absolute Gasteiger partial charge is 3.00 e. The van der Waals surface area contributed by atoms with E-state index in [0.717, 1.165) is 0 Å². The molecule has 0 bridgehead atoms. The summed E-state index contributed by atoms with van der Waals surface area (Å²) < 4.78 is 0. The molecule has 6 nitrogen and oxygen atoms in total. The van der Waals surface area contributed by atoms with Crippen LogP contribution in [0.2, 0.25) is 0 Å². The first kappa shape index (κ1) is 4020. The molecule has 18 N–H and O–H groups in total. The molecule has 0 rings (SSSR count). The summed E-state index contributed by atoms with van der Waals surface area (Å²) >= 11 is 0. The molecule has 7 heavy (non-hydrogen) atoms. The molecule has 0 saturated heterocycles. The minimum atomic E-state index is 0. The van der Waals surface area contributed by atoms with Crippen LogP contribution < -0.4 is 0 Å². The first-order chi connectivity index (χ1) is 0. The van der Waals surface area contributed by atoms with Crippen molar-refractivity contribution in [3.63, 3.8) is 0 Å². The van der Waals surface area contributed by atoms with Crippen molar-refractivity contribution >= 4 is 0 Å². The Bertz CT molecular complexity index is 4.14. The quantitative estimate of drug-likeness (QED) is 0.315. The van der Waals surface area contributed by atoms with E-state index in [1.54, 1.807) is 0 Å². The van der Waals surface area contributed by atoms with E-state index in [1.807, 2.05) is 0 Å². The van der Waals surface area contributed by atoms with Gasteiger partial charge in [-0.25, -0.2) is 0 Å². The van der Waals surface area contributed by atoms with Crippen LogP contribution in [0.25, 0.3) is 0 Å². The molecule has 7 heteroatoms. The van der Waals surface area contributed by atoms with Gasteiger partial charge in [0, 0.05) is 0 Å². The summed E-state index contributed by atoms with van der Waals surface area (Å²) in [5.74, 6) is 0. The second kappa shape index (κ2) is 2450. The van der Waals surface area contributed by atoms with Crippen LogP contribution in [0.1, 0.15) is 0 Å². The zero-order chi connectivity index (χ0) is 0. The molecule has 0 aromatic carbocycles. The SMILES string of the molecule is [Co+3].[OH3+].[OH3+].[OH3+].[OH3+].[OH3+].[OH3+]. The molecule has 0 atom stereocenters. The van der Waals surface area contributed by atoms with E-state index in [2.05, 4.69) is 0 Å². The van der Waals surface area contributed by atoms with Crippen molar-refractivity contribution in [1.82, 2.24) is 0 Å². The van der Waals surface area contributed by atoms with Gasteiger partial charge in [-0.3, -0.25) is 0 Å². The van der Waals surface area contributed by atoms with Crippen LogP contribution in [-0.2, 0) is 49.6 Å². The van der Waals surface area contributed by atoms with Gasteiger partial charge in [0.2, 0.25) is 0 Å². The molecule has 0 aromatic heterocycles. The average molecular weight is 173 g/mol. The zero-order valence-electron chi connectivity index (χ0n) is 3.80. The Balaban J connectivity index is 0. The van der Waals surface area contributed by atoms with Crippen LogP contribution in [0.4, 0.5) is 0 Å². The van der Waals surface area contributed by atoms with Gasteiger partial charge in [0.25, 0.3) is 0 Å². The number of hydrogen-bond acceptors (Lipinski definition) is 0. The van der Waals surface area contributed by atoms with Crippen molar-refractivity contribution in [2.75, 3.05) is 0 Å². The molecule has 0 heterocycles. The Morgan fingerprint density at radius 3 is 0.286 bits per heavy atom. The summed E-state index contributed by atoms with van der Waals surface area (Å²) in [5.41, 5.74) is 0. The van der Waals surface area contributed by atoms with Gasteiger partial charge in [-0.15, -0.1) is 0 Å². The van der Waals surface area contributed by atoms with Gasteiger partial charge in [0.1, 0.15) is 0 Å². The van der Waals surface area contributed by atoms with Gasteiger partial charge in [-0.05, 0) is 0 Å². The van der Waals surface area contributed by atoms with Crippen LogP contribution >= 0.6 is 0 Å². The fourth-order valence-electron chi connectivity index (χ4n) is 0. The van der Waals surface area contributed by atoms with E-state index in [9.17, 15) is 0 Å². The minimum Gasteiger partial charge on any atom is -0.457 e. The van der Waals surface area contributed by atoms with E-state index in [4.69, 9.17) is 0 Å². The molecule has 0 amide bonds. The fraction of sp³-hybridized carbons (Fsp3) is 0. The Morgan fingerprint density at radius 2 is 0.286 bits per heavy atom. The maximum absolute atomic E-state index is 0. The molecule has 0 aliphatic heterocycles. The van der Waals surface area contributed by atoms with E-state index in [0.29, 0.717) is 0 Å². The minimum absolute atomic E-state index is 0. The third-order valence-electron chi connectivity index (χ3n) is 0. The molecule has 0 aromatic rings. The molecule has 0 spiro atoms. The van der Waals surface area contributed by atoms with Gasteiger partial charge in [0.15, 0.2) is 0 Å². The van der Waals surface area contributed by atoms with Gasteiger partial charge >= 0.3 is 16.8 Å². The molecule has 0 radical (unpaired) electrons. The third kappa shape index (κ3) is 1610. The molecule has 54 valence electrons. The number of hydrogen-bond donors (Lipinski definition) is 0. The monoisotopic (exact) mass is 173 g/mol. The zero-order valence-corrected chi connectivity index (χ0v) is 4.84. The third-order valence-corrected chi connectivity index (χ3v) is 0. The molecule has 0 unspecified atom stereocenters. The first-order valence-corrected chi connectivity index (χ1v) is 0. The molecule has 0 fully saturated rings. The van der Waals surface area contributed by atoms with Crippen molar-refractivity contribution in [3.8, 4) is 0 Å². The van der Waals surface area contributed by atoms with Crippen LogP contribution in [0.5, 0.6) is 0 Å². The Hall–Kier alpha value is 0.266. The second-order valence-electron chi connectivity index (χ2n) is 0. The molecular weight excluding hydrogens is 155 g/mol. The van der Waals surface area contributed by atoms with Crippen molar-refractivity contribution in [2.45, 2.75) is 0 Å². The summed E-state index contributed by atoms with van der Waals surface area (Å²) in [4.78, 5) is 0. The van der Waals surface area contributed by atoms with Crippen molar-refractivity contribution in [1.29, 1.82) is 0 Å². The predicted octanol–water partition coefficient (Wildman–Crippen LogP) is -5.53. The Labute approximate surface area is 50.6 Å². The Kier molecular flexibility index (Phi) is 1400000. The maximum atomic E-state index is 0. The van der Waals surface area contributed by atoms with Crippen molar-refractivity contribution in [3.05, 3.63) is 0 Å². The van der Waals surface area contributed by atoms with E-state index in [1.165, 1.54) is 0 Å². The van der Waals surface area contributed by atoms with Gasteiger partial charge in [0.05, 0.1) is 0 Å². The van der Waals surface area contributed by atoms with E-state index < -0.39 is 0 Å². The van der Waals surface area contributed by atoms with Crippen LogP contribution in [0, 0.1) is 0 Å². The van der Waals surface area contributed by atoms with Crippen LogP contribution in [0.3, 0.4) is 0 Å². The molecular formula is H18CoO6+9. The normalized spacial score (nSPS) is 0. The molecule has 0 saturated carbocycles. The van der Waals surface area contributed by atoms with Gasteiger partial charge in [-0.1, -0.05) is 0 Å². The maximum Gasteiger partial charge on any atom is 3.00 e.